The monoisotopic (exact) mass is 738 g/mol. The Morgan fingerprint density at radius 3 is 2.15 bits per heavy atom. The van der Waals surface area contributed by atoms with Gasteiger partial charge in [-0.15, -0.1) is 0 Å². The van der Waals surface area contributed by atoms with Crippen LogP contribution in [0.15, 0.2) is 70.1 Å². The summed E-state index contributed by atoms with van der Waals surface area (Å²) in [6, 6.07) is 15.4. The number of halogens is 2. The average molecular weight is 740 g/mol. The van der Waals surface area contributed by atoms with Gasteiger partial charge < -0.3 is 13.9 Å². The predicted molar refractivity (Wildman–Crippen MR) is 192 cm³/mol. The zero-order chi connectivity index (χ0) is 35.2. The van der Waals surface area contributed by atoms with Crippen LogP contribution in [0.2, 0.25) is 16.6 Å². The van der Waals surface area contributed by atoms with Crippen molar-refractivity contribution in [3.63, 3.8) is 0 Å². The maximum Gasteiger partial charge on any atom is 0.347 e. The number of ketones is 1. The zero-order valence-corrected chi connectivity index (χ0v) is 31.2. The molecule has 0 N–H and O–H groups in total. The highest BCUT2D eigenvalue weighted by atomic mass is 79.9. The summed E-state index contributed by atoms with van der Waals surface area (Å²) >= 11 is 3.70. The van der Waals surface area contributed by atoms with Crippen LogP contribution in [0.4, 0.5) is 4.39 Å². The second-order valence-corrected chi connectivity index (χ2v) is 19.1. The number of esters is 1. The molecule has 4 aromatic rings. The van der Waals surface area contributed by atoms with Gasteiger partial charge in [0.25, 0.3) is 5.56 Å². The topological polar surface area (TPSA) is 96.7 Å². The first-order valence-electron chi connectivity index (χ1n) is 16.3. The van der Waals surface area contributed by atoms with Crippen LogP contribution in [0.25, 0.3) is 11.0 Å². The van der Waals surface area contributed by atoms with Crippen molar-refractivity contribution < 1.29 is 27.9 Å². The van der Waals surface area contributed by atoms with Gasteiger partial charge in [-0.05, 0) is 68.3 Å². The van der Waals surface area contributed by atoms with Gasteiger partial charge in [0, 0.05) is 17.1 Å². The molecule has 0 aliphatic carbocycles. The Morgan fingerprint density at radius 1 is 0.938 bits per heavy atom. The summed E-state index contributed by atoms with van der Waals surface area (Å²) < 4.78 is 33.5. The number of hydrogen-bond acceptors (Lipinski definition) is 7. The Kier molecular flexibility index (Phi) is 12.5. The third kappa shape index (κ3) is 7.96. The second-order valence-electron chi connectivity index (χ2n) is 12.8. The van der Waals surface area contributed by atoms with Crippen LogP contribution in [0, 0.1) is 5.82 Å². The van der Waals surface area contributed by atoms with E-state index in [2.05, 4.69) is 57.5 Å². The van der Waals surface area contributed by atoms with Gasteiger partial charge in [-0.2, -0.15) is 0 Å². The number of benzene rings is 2. The summed E-state index contributed by atoms with van der Waals surface area (Å²) in [5, 5.41) is 0. The second kappa shape index (κ2) is 16.2. The molecular weight excluding hydrogens is 695 g/mol. The van der Waals surface area contributed by atoms with Gasteiger partial charge in [0.2, 0.25) is 8.32 Å². The number of carbonyl (C=O) groups excluding carboxylic acids is 2. The lowest BCUT2D eigenvalue weighted by Crippen LogP contribution is -2.49. The minimum atomic E-state index is -2.38. The van der Waals surface area contributed by atoms with E-state index in [1.54, 1.807) is 25.3 Å². The molecule has 2 aromatic heterocycles. The van der Waals surface area contributed by atoms with E-state index < -0.39 is 19.8 Å². The van der Waals surface area contributed by atoms with Gasteiger partial charge in [0.1, 0.15) is 17.9 Å². The molecule has 0 aliphatic heterocycles. The highest BCUT2D eigenvalue weighted by Gasteiger charge is 2.45. The number of pyridine rings is 2. The van der Waals surface area contributed by atoms with E-state index in [0.29, 0.717) is 22.0 Å². The molecule has 2 heterocycles. The van der Waals surface area contributed by atoms with Crippen molar-refractivity contribution in [1.82, 2.24) is 9.55 Å². The fraction of sp³-hybridized carbons (Fsp3) is 0.405. The third-order valence-corrected chi connectivity index (χ3v) is 15.7. The van der Waals surface area contributed by atoms with Gasteiger partial charge in [-0.1, -0.05) is 84.0 Å². The highest BCUT2D eigenvalue weighted by molar-refractivity contribution is 9.10. The van der Waals surface area contributed by atoms with E-state index >= 15 is 0 Å². The Morgan fingerprint density at radius 2 is 1.56 bits per heavy atom. The first-order chi connectivity index (χ1) is 22.8. The molecule has 256 valence electrons. The van der Waals surface area contributed by atoms with Crippen molar-refractivity contribution in [1.29, 1.82) is 0 Å². The van der Waals surface area contributed by atoms with Crippen LogP contribution in [-0.2, 0) is 33.5 Å². The Hall–Kier alpha value is -3.67. The number of ether oxygens (including phenoxy) is 2. The lowest BCUT2D eigenvalue weighted by atomic mass is 10.0. The highest BCUT2D eigenvalue weighted by Crippen LogP contribution is 2.42. The fourth-order valence-corrected chi connectivity index (χ4v) is 12.7. The van der Waals surface area contributed by atoms with Gasteiger partial charge in [-0.3, -0.25) is 19.1 Å². The SMILES string of the molecule is CCOC(=O)c1c(OCc2ccccc2)c2ncc(Cc3ccc(F)cc3)c(Br)c2n(CC(=O)CO[Si](C(C)C)(C(C)C)C(C)C)c1=O. The molecule has 8 nitrogen and oxygen atoms in total. The standard InChI is InChI=1S/C37H44BrFN2O6Si/c1-8-45-37(44)31-35(46-21-27-12-10-9-11-13-27)33-34(32(38)28(19-40-33)18-26-14-16-29(39)17-15-26)41(36(31)43)20-30(42)22-47-48(23(2)3,24(4)5)25(6)7/h9-17,19,23-25H,8,18,20-22H2,1-7H3. The molecule has 11 heteroatoms. The van der Waals surface area contributed by atoms with Gasteiger partial charge in [0.05, 0.1) is 25.3 Å². The first-order valence-corrected chi connectivity index (χ1v) is 19.2. The Labute approximate surface area is 290 Å². The molecule has 0 fully saturated rings. The van der Waals surface area contributed by atoms with Crippen molar-refractivity contribution in [2.45, 2.75) is 84.7 Å². The van der Waals surface area contributed by atoms with Crippen LogP contribution < -0.4 is 10.3 Å². The molecular formula is C37H44BrFN2O6Si. The van der Waals surface area contributed by atoms with Crippen molar-refractivity contribution in [2.24, 2.45) is 0 Å². The summed E-state index contributed by atoms with van der Waals surface area (Å²) in [6.07, 6.45) is 1.98. The number of hydrogen-bond donors (Lipinski definition) is 0. The van der Waals surface area contributed by atoms with Crippen LogP contribution >= 0.6 is 15.9 Å². The molecule has 0 bridgehead atoms. The lowest BCUT2D eigenvalue weighted by Gasteiger charge is -2.42. The number of carbonyl (C=O) groups is 2. The average Bonchev–Trinajstić information content (AvgIpc) is 3.04. The van der Waals surface area contributed by atoms with E-state index in [1.165, 1.54) is 16.7 Å². The summed E-state index contributed by atoms with van der Waals surface area (Å²) in [5.41, 5.74) is 2.54. The van der Waals surface area contributed by atoms with E-state index in [4.69, 9.17) is 18.9 Å². The van der Waals surface area contributed by atoms with Crippen molar-refractivity contribution >= 4 is 47.0 Å². The number of Topliss-reactive ketones (excluding diaryl/α,β-unsaturated/α-hetero) is 1. The number of fused-ring (bicyclic) bond motifs is 1. The van der Waals surface area contributed by atoms with E-state index in [0.717, 1.165) is 11.1 Å². The minimum absolute atomic E-state index is 0.0290. The molecule has 0 spiro atoms. The van der Waals surface area contributed by atoms with Gasteiger partial charge in [-0.25, -0.2) is 9.18 Å². The fourth-order valence-electron chi connectivity index (χ4n) is 6.66. The summed E-state index contributed by atoms with van der Waals surface area (Å²) in [5.74, 6) is -1.57. The van der Waals surface area contributed by atoms with E-state index in [9.17, 15) is 18.8 Å². The van der Waals surface area contributed by atoms with E-state index in [-0.39, 0.29) is 71.4 Å². The summed E-state index contributed by atoms with van der Waals surface area (Å²) in [7, 11) is -2.38. The Balaban J connectivity index is 1.89. The van der Waals surface area contributed by atoms with Crippen LogP contribution in [0.3, 0.4) is 0 Å². The quantitative estimate of drug-likeness (QED) is 0.0893. The molecule has 0 saturated carbocycles. The third-order valence-electron chi connectivity index (χ3n) is 8.77. The van der Waals surface area contributed by atoms with Crippen LogP contribution in [0.5, 0.6) is 5.75 Å². The molecule has 0 atom stereocenters. The number of aromatic nitrogens is 2. The molecule has 0 amide bonds. The van der Waals surface area contributed by atoms with Crippen molar-refractivity contribution in [3.05, 3.63) is 104 Å². The maximum atomic E-state index is 14.4. The molecule has 0 unspecified atom stereocenters. The van der Waals surface area contributed by atoms with Crippen LogP contribution in [0.1, 0.15) is 75.5 Å². The lowest BCUT2D eigenvalue weighted by molar-refractivity contribution is -0.121. The molecule has 2 aromatic carbocycles. The predicted octanol–water partition coefficient (Wildman–Crippen LogP) is 8.41. The normalized spacial score (nSPS) is 11.9. The maximum absolute atomic E-state index is 14.4. The van der Waals surface area contributed by atoms with Gasteiger partial charge >= 0.3 is 5.97 Å². The van der Waals surface area contributed by atoms with Crippen molar-refractivity contribution in [2.75, 3.05) is 13.2 Å². The minimum Gasteiger partial charge on any atom is -0.485 e. The zero-order valence-electron chi connectivity index (χ0n) is 28.6. The van der Waals surface area contributed by atoms with E-state index in [1.807, 2.05) is 30.3 Å². The van der Waals surface area contributed by atoms with Crippen molar-refractivity contribution in [3.8, 4) is 5.75 Å². The molecule has 0 aliphatic rings. The smallest absolute Gasteiger partial charge is 0.347 e. The molecule has 0 radical (unpaired) electrons. The van der Waals surface area contributed by atoms with Gasteiger partial charge in [0.15, 0.2) is 17.1 Å². The van der Waals surface area contributed by atoms with Crippen LogP contribution in [-0.4, -0.2) is 42.8 Å². The summed E-state index contributed by atoms with van der Waals surface area (Å²) in [4.78, 5) is 46.2. The molecule has 48 heavy (non-hydrogen) atoms. The molecule has 4 rings (SSSR count). The largest absolute Gasteiger partial charge is 0.485 e. The Bertz CT molecular complexity index is 1790. The first kappa shape index (κ1) is 37.2. The number of nitrogens with zero attached hydrogens (tertiary/aromatic N) is 2. The number of rotatable bonds is 15. The molecule has 0 saturated heterocycles. The summed E-state index contributed by atoms with van der Waals surface area (Å²) in [6.45, 7) is 14.0.